The lowest BCUT2D eigenvalue weighted by Crippen LogP contribution is -2.31. The van der Waals surface area contributed by atoms with Crippen LogP contribution in [0.15, 0.2) is 174 Å². The number of amides is 10. The third kappa shape index (κ3) is 21.5. The van der Waals surface area contributed by atoms with Crippen molar-refractivity contribution in [2.24, 2.45) is 63.4 Å². The number of phenols is 1. The third-order valence-corrected chi connectivity index (χ3v) is 20.8. The first-order valence-corrected chi connectivity index (χ1v) is 40.2. The Morgan fingerprint density at radius 3 is 1.11 bits per heavy atom. The van der Waals surface area contributed by atoms with Crippen LogP contribution in [0.5, 0.6) is 5.75 Å². The molecule has 0 radical (unpaired) electrons. The zero-order chi connectivity index (χ0) is 90.9. The minimum atomic E-state index is -1.24. The van der Waals surface area contributed by atoms with E-state index in [0.717, 1.165) is 13.0 Å². The van der Waals surface area contributed by atoms with Gasteiger partial charge in [0.1, 0.15) is 68.6 Å². The monoisotopic (exact) mass is 1750 g/mol. The van der Waals surface area contributed by atoms with Crippen LogP contribution in [0.1, 0.15) is 109 Å². The van der Waals surface area contributed by atoms with Crippen molar-refractivity contribution in [3.63, 3.8) is 0 Å². The fourth-order valence-electron chi connectivity index (χ4n) is 14.4. The van der Waals surface area contributed by atoms with Gasteiger partial charge in [0.05, 0.1) is 56.7 Å². The predicted octanol–water partition coefficient (Wildman–Crippen LogP) is 9.41. The summed E-state index contributed by atoms with van der Waals surface area (Å²) in [5, 5.41) is 61.8. The number of thiocarbonyl (C=S) groups is 1. The average molecular weight is 1750 g/mol. The Morgan fingerprint density at radius 1 is 0.370 bits per heavy atom. The van der Waals surface area contributed by atoms with Gasteiger partial charge in [-0.15, -0.1) is 0 Å². The lowest BCUT2D eigenvalue weighted by Gasteiger charge is -2.18. The zero-order valence-electron chi connectivity index (χ0n) is 71.0. The van der Waals surface area contributed by atoms with Crippen molar-refractivity contribution in [2.45, 2.75) is 25.7 Å². The number of carbonyl (C=O) groups is 11. The van der Waals surface area contributed by atoms with E-state index in [1.807, 2.05) is 19.0 Å². The Morgan fingerprint density at radius 2 is 0.724 bits per heavy atom. The summed E-state index contributed by atoms with van der Waals surface area (Å²) in [5.41, 5.74) is 6.56. The van der Waals surface area contributed by atoms with Crippen molar-refractivity contribution >= 4 is 162 Å². The first-order chi connectivity index (χ1) is 60.5. The van der Waals surface area contributed by atoms with E-state index in [4.69, 9.17) is 16.6 Å². The summed E-state index contributed by atoms with van der Waals surface area (Å²) in [6.07, 6.45) is 15.3. The van der Waals surface area contributed by atoms with Crippen molar-refractivity contribution in [3.05, 3.63) is 221 Å². The van der Waals surface area contributed by atoms with E-state index in [0.29, 0.717) is 103 Å². The number of anilines is 12. The van der Waals surface area contributed by atoms with Crippen molar-refractivity contribution in [3.8, 4) is 28.2 Å². The number of aromatic hydroxyl groups is 1. The molecule has 39 nitrogen and oxygen atoms in total. The number of benzene rings is 3. The van der Waals surface area contributed by atoms with E-state index in [2.05, 4.69) is 74.4 Å². The Hall–Kier alpha value is -16.1. The first-order valence-electron chi connectivity index (χ1n) is 39.8. The van der Waals surface area contributed by atoms with Gasteiger partial charge in [-0.25, -0.2) is 4.79 Å². The number of aromatic carboxylic acids is 1. The number of rotatable bonds is 34. The van der Waals surface area contributed by atoms with Crippen molar-refractivity contribution in [1.29, 1.82) is 0 Å². The molecule has 11 aromatic rings. The van der Waals surface area contributed by atoms with Gasteiger partial charge in [0.15, 0.2) is 10.5 Å². The Bertz CT molecular complexity index is 6550. The summed E-state index contributed by atoms with van der Waals surface area (Å²) in [7, 11) is 19.1. The first kappa shape index (κ1) is 88.7. The molecule has 13 rings (SSSR count). The standard InChI is InChI=1S/C87H94N24O15S/c1-102(2)26-12-22-90-79(117)64-31-52(42-103(64)3)95-83(121)68-32-53(43-107(68)7)96-80(118)65-28-49(39-104(65)4)92-75(114)19-23-88-73-35-56(46-110(73)10)99-84(122)69-33-54(44-108(69)8)97-81(119)66-29-50(40-105(66)5)93-76(115)20-24-89-74-36-57(47-111(74)11)100-85(123)70-34-55(45-109(70)9)98-82(120)67-30-51(41-106(67)6)94-77(116)21-25-91-87(127)101-48-13-16-60(63(27-48)86(124)125)78-61-17-14-58(112)37-71(61)126-72-38-59(113)15-18-62(72)78/h13-18,27-47,88-89,112H,12,19-26H2,1-11H3,(H,90,117)(H,92,114)(H,93,115)(H,94,116)(H,95,121)(H,96,118)(H,97,119)(H,98,120)(H,99,122)(H,100,123)(H,124,125)(H2,91,101,127). The molecule has 10 amide bonds. The fraction of sp³-hybridized carbons (Fsp3) is 0.230. The second-order valence-corrected chi connectivity index (χ2v) is 31.1. The highest BCUT2D eigenvalue weighted by molar-refractivity contribution is 7.80. The lowest BCUT2D eigenvalue weighted by atomic mass is 9.90. The van der Waals surface area contributed by atoms with Gasteiger partial charge in [-0.3, -0.25) is 52.7 Å². The summed E-state index contributed by atoms with van der Waals surface area (Å²) < 4.78 is 20.3. The summed E-state index contributed by atoms with van der Waals surface area (Å²) in [4.78, 5) is 161. The van der Waals surface area contributed by atoms with Crippen LogP contribution in [0.4, 0.5) is 68.5 Å². The molecule has 0 spiro atoms. The second-order valence-electron chi connectivity index (χ2n) is 30.7. The van der Waals surface area contributed by atoms with Crippen LogP contribution < -0.4 is 79.9 Å². The molecule has 2 aromatic carbocycles. The van der Waals surface area contributed by atoms with E-state index in [1.54, 1.807) is 198 Å². The van der Waals surface area contributed by atoms with Gasteiger partial charge < -0.3 is 135 Å². The van der Waals surface area contributed by atoms with Crippen LogP contribution in [-0.2, 0) is 77.8 Å². The molecule has 0 saturated carbocycles. The number of fused-ring (bicyclic) bond motifs is 2. The molecule has 2 aliphatic rings. The number of hydrogen-bond acceptors (Lipinski definition) is 18. The molecule has 127 heavy (non-hydrogen) atoms. The molecule has 0 saturated heterocycles. The van der Waals surface area contributed by atoms with Crippen molar-refractivity contribution in [2.75, 3.05) is 111 Å². The molecule has 0 atom stereocenters. The van der Waals surface area contributed by atoms with Crippen molar-refractivity contribution in [1.82, 2.24) is 56.6 Å². The zero-order valence-corrected chi connectivity index (χ0v) is 71.9. The summed E-state index contributed by atoms with van der Waals surface area (Å²) in [6, 6.07) is 27.4. The van der Waals surface area contributed by atoms with Gasteiger partial charge in [0, 0.05) is 211 Å². The SMILES string of the molecule is CN(C)CCCNC(=O)c1cc(NC(=O)c2cc(NC(=O)c3cc(NC(=O)CCNc4cc(NC(=O)c5cc(NC(=O)c6cc(NC(=O)CCNc7cc(NC(=O)c8cc(NC(=O)c9cc(NC(=O)CCNC(=S)Nc%10ccc(-c%11c%12ccc(=O)cc-%12oc%12cc(O)ccc%11%12)c(C(=O)O)c%10)cn9C)cn8C)cn7C)cn6C)cn5C)cn4C)cn3C)cn2C)cn1C. The number of phenolic OH excluding ortho intramolecular Hbond substituents is 1. The Balaban J connectivity index is 0.506. The molecular formula is C87H94N24O15S. The van der Waals surface area contributed by atoms with Crippen LogP contribution in [0.3, 0.4) is 0 Å². The maximum atomic E-state index is 13.7. The predicted molar refractivity (Wildman–Crippen MR) is 486 cm³/mol. The number of aromatic nitrogens is 9. The number of hydrogen-bond donors (Lipinski definition) is 16. The second kappa shape index (κ2) is 38.1. The minimum Gasteiger partial charge on any atom is -0.508 e. The van der Waals surface area contributed by atoms with E-state index >= 15 is 0 Å². The lowest BCUT2D eigenvalue weighted by molar-refractivity contribution is -0.116. The molecule has 1 aliphatic heterocycles. The molecule has 16 N–H and O–H groups in total. The molecule has 658 valence electrons. The number of nitrogens with zero attached hydrogens (tertiary/aromatic N) is 10. The van der Waals surface area contributed by atoms with Gasteiger partial charge >= 0.3 is 5.97 Å². The minimum absolute atomic E-state index is 0.0191. The van der Waals surface area contributed by atoms with Gasteiger partial charge in [-0.2, -0.15) is 0 Å². The summed E-state index contributed by atoms with van der Waals surface area (Å²) in [6.45, 7) is 1.81. The maximum Gasteiger partial charge on any atom is 0.336 e. The topological polar surface area (TPSA) is 474 Å². The Labute approximate surface area is 730 Å². The molecule has 10 heterocycles. The molecule has 40 heteroatoms. The van der Waals surface area contributed by atoms with Crippen LogP contribution in [0, 0.1) is 0 Å². The normalized spacial score (nSPS) is 11.1. The smallest absolute Gasteiger partial charge is 0.336 e. The van der Waals surface area contributed by atoms with E-state index < -0.39 is 47.3 Å². The summed E-state index contributed by atoms with van der Waals surface area (Å²) >= 11 is 5.48. The molecular weight excluding hydrogens is 1650 g/mol. The van der Waals surface area contributed by atoms with Crippen LogP contribution in [0.25, 0.3) is 33.4 Å². The van der Waals surface area contributed by atoms with E-state index in [9.17, 15) is 67.7 Å². The average Bonchev–Trinajstić information content (AvgIpc) is 1.60. The number of carboxylic acids is 1. The van der Waals surface area contributed by atoms with Gasteiger partial charge in [0.2, 0.25) is 17.7 Å². The fourth-order valence-corrected chi connectivity index (χ4v) is 14.6. The highest BCUT2D eigenvalue weighted by atomic mass is 32.1. The number of carboxylic acid groups (broad SMARTS) is 1. The molecule has 9 aromatic heterocycles. The number of aryl methyl sites for hydroxylation is 9. The molecule has 0 fully saturated rings. The van der Waals surface area contributed by atoms with Crippen LogP contribution >= 0.6 is 12.2 Å². The van der Waals surface area contributed by atoms with Gasteiger partial charge in [-0.05, 0) is 124 Å². The largest absolute Gasteiger partial charge is 0.508 e. The highest BCUT2D eigenvalue weighted by Crippen LogP contribution is 2.43. The van der Waals surface area contributed by atoms with E-state index in [1.165, 1.54) is 71.3 Å². The van der Waals surface area contributed by atoms with Crippen LogP contribution in [-0.4, -0.2) is 173 Å². The number of carbonyl (C=O) groups excluding carboxylic acids is 10. The summed E-state index contributed by atoms with van der Waals surface area (Å²) in [5.74, 6) is -4.22. The van der Waals surface area contributed by atoms with Crippen LogP contribution in [0.2, 0.25) is 0 Å². The van der Waals surface area contributed by atoms with Gasteiger partial charge in [0.25, 0.3) is 41.4 Å². The maximum absolute atomic E-state index is 13.7. The van der Waals surface area contributed by atoms with Gasteiger partial charge in [-0.1, -0.05) is 6.07 Å². The van der Waals surface area contributed by atoms with Crippen molar-refractivity contribution < 1.29 is 67.4 Å². The quantitative estimate of drug-likeness (QED) is 0.0101. The molecule has 0 bridgehead atoms. The Kier molecular flexibility index (Phi) is 26.6. The molecule has 0 unspecified atom stereocenters. The highest BCUT2D eigenvalue weighted by Gasteiger charge is 2.27. The third-order valence-electron chi connectivity index (χ3n) is 20.5. The van der Waals surface area contributed by atoms with E-state index in [-0.39, 0.29) is 124 Å². The molecule has 1 aliphatic carbocycles. The number of nitrogens with one attached hydrogen (secondary N) is 14.